The summed E-state index contributed by atoms with van der Waals surface area (Å²) in [5, 5.41) is 7.72. The van der Waals surface area contributed by atoms with Gasteiger partial charge in [0.15, 0.2) is 6.40 Å². The molecule has 0 saturated heterocycles. The van der Waals surface area contributed by atoms with Gasteiger partial charge in [-0.3, -0.25) is 9.79 Å². The molecule has 4 heteroatoms. The molecule has 1 heterocycles. The molecule has 0 atom stereocenters. The van der Waals surface area contributed by atoms with Gasteiger partial charge in [-0.25, -0.2) is 0 Å². The second kappa shape index (κ2) is 6.07. The highest BCUT2D eigenvalue weighted by Crippen LogP contribution is 1.78. The van der Waals surface area contributed by atoms with Crippen molar-refractivity contribution in [1.82, 2.24) is 0 Å². The molecule has 58 valence electrons. The van der Waals surface area contributed by atoms with E-state index in [1.165, 1.54) is 6.40 Å². The second-order valence-electron chi connectivity index (χ2n) is 1.63. The molecule has 0 radical (unpaired) electrons. The van der Waals surface area contributed by atoms with Gasteiger partial charge in [-0.2, -0.15) is 0 Å². The highest BCUT2D eigenvalue weighted by Gasteiger charge is 1.84. The van der Waals surface area contributed by atoms with Gasteiger partial charge in [0.05, 0.1) is 6.54 Å². The van der Waals surface area contributed by atoms with Crippen LogP contribution in [-0.2, 0) is 9.53 Å². The van der Waals surface area contributed by atoms with Crippen molar-refractivity contribution >= 4 is 12.4 Å². The Morgan fingerprint density at radius 2 is 2.50 bits per heavy atom. The van der Waals surface area contributed by atoms with E-state index in [2.05, 4.69) is 9.73 Å². The van der Waals surface area contributed by atoms with Crippen molar-refractivity contribution in [3.05, 3.63) is 0 Å². The number of carbonyl (C=O) groups is 1. The first-order valence-corrected chi connectivity index (χ1v) is 3.09. The van der Waals surface area contributed by atoms with Gasteiger partial charge in [0.2, 0.25) is 0 Å². The van der Waals surface area contributed by atoms with Gasteiger partial charge in [0.1, 0.15) is 6.61 Å². The predicted octanol–water partition coefficient (Wildman–Crippen LogP) is 0.526. The molecule has 0 saturated carbocycles. The number of carboxylic acids is 1. The molecule has 0 spiro atoms. The molecule has 1 rings (SSSR count). The number of hydrogen-bond acceptors (Lipinski definition) is 3. The van der Waals surface area contributed by atoms with Crippen LogP contribution in [0.3, 0.4) is 0 Å². The largest absolute Gasteiger partial charge is 0.482 e. The maximum atomic E-state index is 9.37. The first kappa shape index (κ1) is 8.94. The van der Waals surface area contributed by atoms with Crippen LogP contribution in [0.1, 0.15) is 13.3 Å². The van der Waals surface area contributed by atoms with Gasteiger partial charge in [-0.1, -0.05) is 6.92 Å². The van der Waals surface area contributed by atoms with Gasteiger partial charge in [-0.15, -0.1) is 0 Å². The minimum Gasteiger partial charge on any atom is -0.482 e. The smallest absolute Gasteiger partial charge is 0.303 e. The standard InChI is InChI=1S/C3H5NO.C3H6O2/c1-2-5-3-4-1;1-2-3(4)5/h3H,1-2H2;2H2,1H3,(H,4,5). The lowest BCUT2D eigenvalue weighted by molar-refractivity contribution is -0.136. The van der Waals surface area contributed by atoms with Crippen LogP contribution in [-0.4, -0.2) is 30.6 Å². The van der Waals surface area contributed by atoms with Gasteiger partial charge < -0.3 is 9.84 Å². The van der Waals surface area contributed by atoms with Crippen molar-refractivity contribution in [2.24, 2.45) is 4.99 Å². The molecule has 0 bridgehead atoms. The Morgan fingerprint density at radius 3 is 2.60 bits per heavy atom. The normalized spacial score (nSPS) is 13.3. The van der Waals surface area contributed by atoms with Gasteiger partial charge >= 0.3 is 5.97 Å². The van der Waals surface area contributed by atoms with E-state index in [1.54, 1.807) is 6.92 Å². The van der Waals surface area contributed by atoms with Gasteiger partial charge in [0.25, 0.3) is 0 Å². The van der Waals surface area contributed by atoms with Crippen LogP contribution in [0.5, 0.6) is 0 Å². The van der Waals surface area contributed by atoms with Crippen LogP contribution in [0, 0.1) is 0 Å². The quantitative estimate of drug-likeness (QED) is 0.585. The Bertz CT molecular complexity index is 116. The Kier molecular flexibility index (Phi) is 5.42. The van der Waals surface area contributed by atoms with Crippen LogP contribution >= 0.6 is 0 Å². The number of carboxylic acid groups (broad SMARTS) is 1. The zero-order chi connectivity index (χ0) is 7.82. The molecule has 0 aliphatic carbocycles. The molecule has 0 aromatic carbocycles. The van der Waals surface area contributed by atoms with E-state index < -0.39 is 5.97 Å². The first-order chi connectivity index (χ1) is 4.77. The van der Waals surface area contributed by atoms with Crippen molar-refractivity contribution in [2.75, 3.05) is 13.2 Å². The molecule has 1 aliphatic heterocycles. The molecule has 1 N–H and O–H groups in total. The van der Waals surface area contributed by atoms with Crippen molar-refractivity contribution in [3.63, 3.8) is 0 Å². The topological polar surface area (TPSA) is 58.9 Å². The summed E-state index contributed by atoms with van der Waals surface area (Å²) in [6, 6.07) is 0. The third-order valence-electron chi connectivity index (χ3n) is 0.790. The Labute approximate surface area is 59.5 Å². The number of aliphatic carboxylic acids is 1. The SMILES string of the molecule is C1=NCCO1.CCC(=O)O. The van der Waals surface area contributed by atoms with Crippen LogP contribution < -0.4 is 0 Å². The Morgan fingerprint density at radius 1 is 1.90 bits per heavy atom. The summed E-state index contributed by atoms with van der Waals surface area (Å²) in [6.45, 7) is 3.22. The number of rotatable bonds is 1. The summed E-state index contributed by atoms with van der Waals surface area (Å²) in [7, 11) is 0. The molecular weight excluding hydrogens is 134 g/mol. The molecule has 0 amide bonds. The monoisotopic (exact) mass is 145 g/mol. The maximum Gasteiger partial charge on any atom is 0.303 e. The fourth-order valence-electron chi connectivity index (χ4n) is 0.264. The summed E-state index contributed by atoms with van der Waals surface area (Å²) in [6.07, 6.45) is 1.71. The van der Waals surface area contributed by atoms with E-state index in [9.17, 15) is 4.79 Å². The third kappa shape index (κ3) is 6.94. The fraction of sp³-hybridized carbons (Fsp3) is 0.667. The Hall–Kier alpha value is -1.06. The molecule has 0 unspecified atom stereocenters. The molecule has 1 aliphatic rings. The lowest BCUT2D eigenvalue weighted by Crippen LogP contribution is -1.86. The number of hydrogen-bond donors (Lipinski definition) is 1. The summed E-state index contributed by atoms with van der Waals surface area (Å²) in [4.78, 5) is 13.1. The molecular formula is C6H11NO3. The van der Waals surface area contributed by atoms with Crippen molar-refractivity contribution < 1.29 is 14.6 Å². The number of ether oxygens (including phenoxy) is 1. The van der Waals surface area contributed by atoms with Crippen LogP contribution in [0.2, 0.25) is 0 Å². The number of nitrogens with zero attached hydrogens (tertiary/aromatic N) is 1. The van der Waals surface area contributed by atoms with Crippen molar-refractivity contribution in [3.8, 4) is 0 Å². The van der Waals surface area contributed by atoms with Crippen LogP contribution in [0.25, 0.3) is 0 Å². The summed E-state index contributed by atoms with van der Waals surface area (Å²) in [5.74, 6) is -0.745. The third-order valence-corrected chi connectivity index (χ3v) is 0.790. The summed E-state index contributed by atoms with van der Waals surface area (Å²) in [5.41, 5.74) is 0. The second-order valence-corrected chi connectivity index (χ2v) is 1.63. The fourth-order valence-corrected chi connectivity index (χ4v) is 0.264. The highest BCUT2D eigenvalue weighted by atomic mass is 16.5. The van der Waals surface area contributed by atoms with E-state index in [0.29, 0.717) is 0 Å². The summed E-state index contributed by atoms with van der Waals surface area (Å²) >= 11 is 0. The molecule has 0 aromatic heterocycles. The summed E-state index contributed by atoms with van der Waals surface area (Å²) < 4.78 is 4.65. The minimum atomic E-state index is -0.745. The highest BCUT2D eigenvalue weighted by molar-refractivity contribution is 5.66. The van der Waals surface area contributed by atoms with E-state index in [1.807, 2.05) is 0 Å². The lowest BCUT2D eigenvalue weighted by atomic mass is 10.5. The van der Waals surface area contributed by atoms with Crippen LogP contribution in [0.15, 0.2) is 4.99 Å². The van der Waals surface area contributed by atoms with E-state index in [4.69, 9.17) is 5.11 Å². The van der Waals surface area contributed by atoms with Crippen molar-refractivity contribution in [2.45, 2.75) is 13.3 Å². The molecule has 0 aromatic rings. The van der Waals surface area contributed by atoms with Gasteiger partial charge in [0, 0.05) is 6.42 Å². The number of aliphatic imine (C=N–C) groups is 1. The van der Waals surface area contributed by atoms with Gasteiger partial charge in [-0.05, 0) is 0 Å². The van der Waals surface area contributed by atoms with E-state index >= 15 is 0 Å². The zero-order valence-corrected chi connectivity index (χ0v) is 5.91. The lowest BCUT2D eigenvalue weighted by Gasteiger charge is -1.76. The Balaban J connectivity index is 0.000000162. The maximum absolute atomic E-state index is 9.37. The van der Waals surface area contributed by atoms with E-state index in [-0.39, 0.29) is 6.42 Å². The van der Waals surface area contributed by atoms with Crippen molar-refractivity contribution in [1.29, 1.82) is 0 Å². The molecule has 4 nitrogen and oxygen atoms in total. The predicted molar refractivity (Wildman–Crippen MR) is 37.2 cm³/mol. The minimum absolute atomic E-state index is 0.222. The average Bonchev–Trinajstić information content (AvgIpc) is 2.43. The molecule has 0 fully saturated rings. The first-order valence-electron chi connectivity index (χ1n) is 3.09. The van der Waals surface area contributed by atoms with E-state index in [0.717, 1.165) is 13.2 Å². The average molecular weight is 145 g/mol. The zero-order valence-electron chi connectivity index (χ0n) is 5.91. The molecule has 10 heavy (non-hydrogen) atoms. The van der Waals surface area contributed by atoms with Crippen LogP contribution in [0.4, 0.5) is 0 Å².